The van der Waals surface area contributed by atoms with Crippen molar-refractivity contribution in [3.63, 3.8) is 0 Å². The van der Waals surface area contributed by atoms with Crippen LogP contribution in [0.15, 0.2) is 0 Å². The molecule has 8 heavy (non-hydrogen) atoms. The van der Waals surface area contributed by atoms with Crippen LogP contribution >= 0.6 is 0 Å². The fourth-order valence-electron chi connectivity index (χ4n) is 0. The average Bonchev–Trinajstić information content (AvgIpc) is 0. The molecule has 0 bridgehead atoms. The van der Waals surface area contributed by atoms with Crippen LogP contribution in [0, 0.1) is 0 Å². The van der Waals surface area contributed by atoms with Gasteiger partial charge in [-0.1, -0.05) is 0 Å². The third-order valence-corrected chi connectivity index (χ3v) is 0. The van der Waals surface area contributed by atoms with E-state index >= 15 is 0 Å². The van der Waals surface area contributed by atoms with Crippen LogP contribution in [-0.2, 0) is 61.5 Å². The molecule has 53 valence electrons. The quantitative estimate of drug-likeness (QED) is 0.462. The van der Waals surface area contributed by atoms with Crippen LogP contribution in [0.1, 0.15) is 0 Å². The second-order valence-electron chi connectivity index (χ2n) is 0. The molecule has 0 fully saturated rings. The summed E-state index contributed by atoms with van der Waals surface area (Å²) >= 11 is 0. The number of hydrogen-bond donors (Lipinski definition) is 0. The van der Waals surface area contributed by atoms with Gasteiger partial charge < -0.3 is 27.4 Å². The Hall–Kier alpha value is 1.72. The molecule has 0 unspecified atom stereocenters. The molecule has 0 aromatic heterocycles. The van der Waals surface area contributed by atoms with Gasteiger partial charge in [0, 0.05) is 17.1 Å². The van der Waals surface area contributed by atoms with Gasteiger partial charge in [-0.25, -0.2) is 0 Å². The third-order valence-electron chi connectivity index (χ3n) is 0. The molecular formula is BiMn2O5-4. The second-order valence-corrected chi connectivity index (χ2v) is 0. The van der Waals surface area contributed by atoms with Gasteiger partial charge in [-0.05, 0) is 0 Å². The monoisotopic (exact) mass is 399 g/mol. The zero-order valence-electron chi connectivity index (χ0n) is 3.24. The van der Waals surface area contributed by atoms with Crippen LogP contribution in [0.25, 0.3) is 0 Å². The molecule has 8 heteroatoms. The molecule has 0 aromatic rings. The third kappa shape index (κ3) is 118. The van der Waals surface area contributed by atoms with E-state index in [4.69, 9.17) is 0 Å². The minimum atomic E-state index is 0. The Bertz CT molecular complexity index is 10.4. The van der Waals surface area contributed by atoms with E-state index in [9.17, 15) is 0 Å². The fourth-order valence-corrected chi connectivity index (χ4v) is 0. The van der Waals surface area contributed by atoms with Crippen LogP contribution in [0.3, 0.4) is 0 Å². The van der Waals surface area contributed by atoms with Gasteiger partial charge in [0.25, 0.3) is 0 Å². The maximum absolute atomic E-state index is 0. The predicted molar refractivity (Wildman–Crippen MR) is 9.19 cm³/mol. The van der Waals surface area contributed by atoms with E-state index in [0.717, 1.165) is 0 Å². The summed E-state index contributed by atoms with van der Waals surface area (Å²) in [4.78, 5) is 0. The smallest absolute Gasteiger partial charge is 2.00 e. The Labute approximate surface area is 87.2 Å². The van der Waals surface area contributed by atoms with E-state index in [1.807, 2.05) is 0 Å². The Morgan fingerprint density at radius 3 is 0.500 bits per heavy atom. The Morgan fingerprint density at radius 2 is 0.500 bits per heavy atom. The molecule has 0 aromatic carbocycles. The normalized spacial score (nSPS) is 0. The van der Waals surface area contributed by atoms with Crippen molar-refractivity contribution < 1.29 is 61.5 Å². The van der Waals surface area contributed by atoms with E-state index in [1.165, 1.54) is 0 Å². The molecule has 0 spiro atoms. The zero-order valence-corrected chi connectivity index (χ0v) is 9.08. The Morgan fingerprint density at radius 1 is 0.500 bits per heavy atom. The molecule has 0 aliphatic heterocycles. The molecule has 5 nitrogen and oxygen atoms in total. The standard InChI is InChI=1S/Bi.2Mn.5O/q+3;;+3;5*-2. The van der Waals surface area contributed by atoms with Crippen molar-refractivity contribution in [2.45, 2.75) is 0 Å². The van der Waals surface area contributed by atoms with E-state index in [2.05, 4.69) is 0 Å². The number of hydrogen-bond acceptors (Lipinski definition) is 0. The topological polar surface area (TPSA) is 142 Å². The summed E-state index contributed by atoms with van der Waals surface area (Å²) in [6, 6.07) is 0. The molecule has 0 saturated heterocycles. The average molecular weight is 399 g/mol. The largest absolute Gasteiger partial charge is 3.00 e. The molecule has 0 atom stereocenters. The van der Waals surface area contributed by atoms with E-state index in [0.29, 0.717) is 0 Å². The summed E-state index contributed by atoms with van der Waals surface area (Å²) in [5, 5.41) is 0. The van der Waals surface area contributed by atoms with Crippen molar-refractivity contribution in [3.05, 3.63) is 0 Å². The fraction of sp³-hybridized carbons (Fsp3) is 0. The maximum Gasteiger partial charge on any atom is 3.00 e. The summed E-state index contributed by atoms with van der Waals surface area (Å²) in [5.74, 6) is 0. The molecule has 3 radical (unpaired) electrons. The van der Waals surface area contributed by atoms with Crippen molar-refractivity contribution in [1.29, 1.82) is 0 Å². The van der Waals surface area contributed by atoms with Crippen molar-refractivity contribution >= 4 is 26.2 Å². The van der Waals surface area contributed by atoms with Gasteiger partial charge in [-0.2, -0.15) is 0 Å². The van der Waals surface area contributed by atoms with Crippen molar-refractivity contribution in [3.8, 4) is 0 Å². The summed E-state index contributed by atoms with van der Waals surface area (Å²) in [6.45, 7) is 0. The summed E-state index contributed by atoms with van der Waals surface area (Å²) in [6.07, 6.45) is 0. The van der Waals surface area contributed by atoms with Crippen molar-refractivity contribution in [1.82, 2.24) is 0 Å². The Balaban J connectivity index is 0. The first-order valence-electron chi connectivity index (χ1n) is 0. The molecule has 0 N–H and O–H groups in total. The molecular weight excluding hydrogens is 399 g/mol. The van der Waals surface area contributed by atoms with Crippen LogP contribution in [0.2, 0.25) is 0 Å². The predicted octanol–water partition coefficient (Wildman–Crippen LogP) is -0.980. The minimum absolute atomic E-state index is 0. The first-order chi connectivity index (χ1) is 0. The molecule has 0 amide bonds. The van der Waals surface area contributed by atoms with Crippen LogP contribution < -0.4 is 0 Å². The molecule has 0 aliphatic carbocycles. The van der Waals surface area contributed by atoms with Crippen molar-refractivity contribution in [2.75, 3.05) is 0 Å². The van der Waals surface area contributed by atoms with E-state index in [-0.39, 0.29) is 87.7 Å². The van der Waals surface area contributed by atoms with Crippen molar-refractivity contribution in [2.24, 2.45) is 0 Å². The van der Waals surface area contributed by atoms with Crippen LogP contribution in [0.4, 0.5) is 0 Å². The molecule has 0 heterocycles. The van der Waals surface area contributed by atoms with Crippen LogP contribution in [0.5, 0.6) is 0 Å². The van der Waals surface area contributed by atoms with Gasteiger partial charge in [0.1, 0.15) is 0 Å². The van der Waals surface area contributed by atoms with Gasteiger partial charge in [-0.15, -0.1) is 0 Å². The zero-order chi connectivity index (χ0) is 0. The van der Waals surface area contributed by atoms with Crippen LogP contribution in [-0.4, -0.2) is 26.2 Å². The van der Waals surface area contributed by atoms with E-state index < -0.39 is 0 Å². The van der Waals surface area contributed by atoms with Gasteiger partial charge in [-0.3, -0.25) is 0 Å². The van der Waals surface area contributed by atoms with Gasteiger partial charge in [0.2, 0.25) is 0 Å². The molecule has 0 saturated carbocycles. The second kappa shape index (κ2) is 175. The minimum Gasteiger partial charge on any atom is -2.00 e. The number of rotatable bonds is 0. The Kier molecular flexibility index (Phi) is 5470. The summed E-state index contributed by atoms with van der Waals surface area (Å²) < 4.78 is 0. The van der Waals surface area contributed by atoms with Gasteiger partial charge >= 0.3 is 43.3 Å². The maximum atomic E-state index is 0. The van der Waals surface area contributed by atoms with Gasteiger partial charge in [0.05, 0.1) is 0 Å². The summed E-state index contributed by atoms with van der Waals surface area (Å²) in [5.41, 5.74) is 0. The van der Waals surface area contributed by atoms with Gasteiger partial charge in [0.15, 0.2) is 0 Å². The first kappa shape index (κ1) is 249. The molecule has 0 rings (SSSR count). The SMILES string of the molecule is [Bi+3].[Mn+3].[Mn].[O-2].[O-2].[O-2].[O-2].[O-2]. The first-order valence-corrected chi connectivity index (χ1v) is 0. The van der Waals surface area contributed by atoms with E-state index in [1.54, 1.807) is 0 Å². The summed E-state index contributed by atoms with van der Waals surface area (Å²) in [7, 11) is 0. The molecule has 0 aliphatic rings.